The quantitative estimate of drug-likeness (QED) is 0.848. The van der Waals surface area contributed by atoms with Crippen molar-refractivity contribution < 1.29 is 9.18 Å². The van der Waals surface area contributed by atoms with E-state index in [0.29, 0.717) is 5.56 Å². The molecule has 0 aromatic heterocycles. The van der Waals surface area contributed by atoms with Gasteiger partial charge in [0, 0.05) is 0 Å². The van der Waals surface area contributed by atoms with Gasteiger partial charge in [0.05, 0.1) is 5.56 Å². The van der Waals surface area contributed by atoms with Crippen LogP contribution in [0.1, 0.15) is 22.3 Å². The van der Waals surface area contributed by atoms with Gasteiger partial charge in [0.15, 0.2) is 0 Å². The second-order valence-electron chi connectivity index (χ2n) is 5.28. The molecule has 1 N–H and O–H groups in total. The number of amides is 1. The lowest BCUT2D eigenvalue weighted by molar-refractivity contribution is -0.115. The van der Waals surface area contributed by atoms with Crippen LogP contribution >= 0.6 is 0 Å². The molecule has 0 fully saturated rings. The van der Waals surface area contributed by atoms with Gasteiger partial charge in [-0.25, -0.2) is 9.38 Å². The minimum Gasteiger partial charge on any atom is -0.305 e. The third kappa shape index (κ3) is 2.68. The van der Waals surface area contributed by atoms with Crippen LogP contribution in [0.3, 0.4) is 0 Å². The van der Waals surface area contributed by atoms with Gasteiger partial charge in [0.1, 0.15) is 17.3 Å². The summed E-state index contributed by atoms with van der Waals surface area (Å²) < 4.78 is 13.8. The molecule has 1 amide bonds. The smallest absolute Gasteiger partial charge is 0.275 e. The fourth-order valence-corrected chi connectivity index (χ4v) is 2.38. The average molecular weight is 294 g/mol. The number of nitrogens with zero attached hydrogens (tertiary/aromatic N) is 1. The maximum absolute atomic E-state index is 13.8. The predicted molar refractivity (Wildman–Crippen MR) is 85.0 cm³/mol. The zero-order valence-electron chi connectivity index (χ0n) is 12.4. The van der Waals surface area contributed by atoms with Gasteiger partial charge < -0.3 is 5.32 Å². The predicted octanol–water partition coefficient (Wildman–Crippen LogP) is 3.36. The lowest BCUT2D eigenvalue weighted by Gasteiger charge is -2.01. The monoisotopic (exact) mass is 294 g/mol. The Labute approximate surface area is 128 Å². The Morgan fingerprint density at radius 3 is 2.64 bits per heavy atom. The number of amidine groups is 1. The Morgan fingerprint density at radius 1 is 1.14 bits per heavy atom. The van der Waals surface area contributed by atoms with Crippen molar-refractivity contribution in [3.63, 3.8) is 0 Å². The van der Waals surface area contributed by atoms with Crippen molar-refractivity contribution in [1.82, 2.24) is 5.32 Å². The van der Waals surface area contributed by atoms with Gasteiger partial charge in [0.25, 0.3) is 5.91 Å². The van der Waals surface area contributed by atoms with Crippen molar-refractivity contribution in [2.24, 2.45) is 4.99 Å². The molecular formula is C18H15FN2O. The van der Waals surface area contributed by atoms with Crippen LogP contribution in [-0.2, 0) is 4.79 Å². The molecule has 0 saturated carbocycles. The van der Waals surface area contributed by atoms with Gasteiger partial charge >= 0.3 is 0 Å². The molecule has 1 aliphatic heterocycles. The molecular weight excluding hydrogens is 279 g/mol. The highest BCUT2D eigenvalue weighted by atomic mass is 19.1. The SMILES string of the molecule is Cc1ccc(/C=C2\N=C(c3ccccc3F)NC2=O)c(C)c1. The molecule has 0 saturated heterocycles. The van der Waals surface area contributed by atoms with Crippen molar-refractivity contribution in [2.45, 2.75) is 13.8 Å². The van der Waals surface area contributed by atoms with Crippen LogP contribution in [0, 0.1) is 19.7 Å². The summed E-state index contributed by atoms with van der Waals surface area (Å²) in [4.78, 5) is 16.3. The standard InChI is InChI=1S/C18H15FN2O/c1-11-7-8-13(12(2)9-11)10-16-18(22)21-17(20-16)14-5-3-4-6-15(14)19/h3-10H,1-2H3,(H,20,21,22)/b16-10-. The zero-order chi connectivity index (χ0) is 15.7. The fraction of sp³-hybridized carbons (Fsp3) is 0.111. The van der Waals surface area contributed by atoms with Crippen molar-refractivity contribution in [2.75, 3.05) is 0 Å². The highest BCUT2D eigenvalue weighted by Gasteiger charge is 2.23. The Balaban J connectivity index is 2.00. The van der Waals surface area contributed by atoms with E-state index in [2.05, 4.69) is 10.3 Å². The average Bonchev–Trinajstić information content (AvgIpc) is 2.83. The highest BCUT2D eigenvalue weighted by molar-refractivity contribution is 6.19. The van der Waals surface area contributed by atoms with E-state index >= 15 is 0 Å². The maximum atomic E-state index is 13.8. The molecule has 0 bridgehead atoms. The number of benzene rings is 2. The van der Waals surface area contributed by atoms with Crippen LogP contribution in [0.4, 0.5) is 4.39 Å². The molecule has 0 spiro atoms. The fourth-order valence-electron chi connectivity index (χ4n) is 2.38. The van der Waals surface area contributed by atoms with E-state index in [4.69, 9.17) is 0 Å². The first-order valence-corrected chi connectivity index (χ1v) is 6.98. The van der Waals surface area contributed by atoms with E-state index in [1.165, 1.54) is 6.07 Å². The second-order valence-corrected chi connectivity index (χ2v) is 5.28. The molecule has 3 rings (SSSR count). The van der Waals surface area contributed by atoms with Crippen LogP contribution in [0.2, 0.25) is 0 Å². The molecule has 0 radical (unpaired) electrons. The minimum atomic E-state index is -0.408. The van der Waals surface area contributed by atoms with Crippen molar-refractivity contribution >= 4 is 17.8 Å². The Kier molecular flexibility index (Phi) is 3.59. The maximum Gasteiger partial charge on any atom is 0.275 e. The van der Waals surface area contributed by atoms with E-state index in [9.17, 15) is 9.18 Å². The van der Waals surface area contributed by atoms with Crippen LogP contribution in [0.15, 0.2) is 53.2 Å². The van der Waals surface area contributed by atoms with Crippen molar-refractivity contribution in [3.8, 4) is 0 Å². The van der Waals surface area contributed by atoms with E-state index < -0.39 is 5.82 Å². The van der Waals surface area contributed by atoms with Crippen LogP contribution in [0.5, 0.6) is 0 Å². The lowest BCUT2D eigenvalue weighted by atomic mass is 10.0. The number of aliphatic imine (C=N–C) groups is 1. The number of carbonyl (C=O) groups excluding carboxylic acids is 1. The Morgan fingerprint density at radius 2 is 1.91 bits per heavy atom. The molecule has 0 aliphatic carbocycles. The third-order valence-electron chi connectivity index (χ3n) is 3.54. The number of nitrogens with one attached hydrogen (secondary N) is 1. The zero-order valence-corrected chi connectivity index (χ0v) is 12.4. The summed E-state index contributed by atoms with van der Waals surface area (Å²) >= 11 is 0. The van der Waals surface area contributed by atoms with Crippen LogP contribution in [0.25, 0.3) is 6.08 Å². The first kappa shape index (κ1) is 14.2. The van der Waals surface area contributed by atoms with Gasteiger partial charge in [-0.2, -0.15) is 0 Å². The van der Waals surface area contributed by atoms with E-state index in [0.717, 1.165) is 16.7 Å². The molecule has 0 unspecified atom stereocenters. The summed E-state index contributed by atoms with van der Waals surface area (Å²) in [5.74, 6) is -0.480. The summed E-state index contributed by atoms with van der Waals surface area (Å²) in [7, 11) is 0. The molecule has 3 nitrogen and oxygen atoms in total. The van der Waals surface area contributed by atoms with Gasteiger partial charge in [-0.3, -0.25) is 4.79 Å². The third-order valence-corrected chi connectivity index (χ3v) is 3.54. The number of hydrogen-bond acceptors (Lipinski definition) is 2. The van der Waals surface area contributed by atoms with Crippen LogP contribution in [-0.4, -0.2) is 11.7 Å². The molecule has 2 aromatic rings. The van der Waals surface area contributed by atoms with Gasteiger partial charge in [-0.05, 0) is 43.2 Å². The first-order valence-electron chi connectivity index (χ1n) is 6.98. The number of hydrogen-bond donors (Lipinski definition) is 1. The minimum absolute atomic E-state index is 0.249. The molecule has 4 heteroatoms. The van der Waals surface area contributed by atoms with Crippen molar-refractivity contribution in [1.29, 1.82) is 0 Å². The van der Waals surface area contributed by atoms with E-state index in [1.54, 1.807) is 24.3 Å². The summed E-state index contributed by atoms with van der Waals surface area (Å²) in [6, 6.07) is 12.2. The van der Waals surface area contributed by atoms with Crippen LogP contribution < -0.4 is 5.32 Å². The molecule has 22 heavy (non-hydrogen) atoms. The topological polar surface area (TPSA) is 41.5 Å². The van der Waals surface area contributed by atoms with E-state index in [1.807, 2.05) is 32.0 Å². The van der Waals surface area contributed by atoms with Gasteiger partial charge in [-0.1, -0.05) is 35.9 Å². The molecule has 1 aliphatic rings. The van der Waals surface area contributed by atoms with Crippen molar-refractivity contribution in [3.05, 3.63) is 76.2 Å². The Bertz CT molecular complexity index is 822. The normalized spacial score (nSPS) is 15.9. The summed E-state index contributed by atoms with van der Waals surface area (Å²) in [6.45, 7) is 3.99. The summed E-state index contributed by atoms with van der Waals surface area (Å²) in [5, 5.41) is 2.61. The van der Waals surface area contributed by atoms with E-state index in [-0.39, 0.29) is 17.4 Å². The molecule has 110 valence electrons. The molecule has 2 aromatic carbocycles. The lowest BCUT2D eigenvalue weighted by Crippen LogP contribution is -2.25. The number of halogens is 1. The largest absolute Gasteiger partial charge is 0.305 e. The number of rotatable bonds is 2. The van der Waals surface area contributed by atoms with Gasteiger partial charge in [-0.15, -0.1) is 0 Å². The second kappa shape index (κ2) is 5.56. The Hall–Kier alpha value is -2.75. The highest BCUT2D eigenvalue weighted by Crippen LogP contribution is 2.19. The number of carbonyl (C=O) groups is 1. The molecule has 0 atom stereocenters. The molecule has 1 heterocycles. The summed E-state index contributed by atoms with van der Waals surface area (Å²) in [6.07, 6.45) is 1.72. The summed E-state index contributed by atoms with van der Waals surface area (Å²) in [5.41, 5.74) is 3.72. The number of aryl methyl sites for hydroxylation is 2. The van der Waals surface area contributed by atoms with Gasteiger partial charge in [0.2, 0.25) is 0 Å². The first-order chi connectivity index (χ1) is 10.5.